The molecular weight excluding hydrogens is 232 g/mol. The van der Waals surface area contributed by atoms with Crippen LogP contribution in [0.5, 0.6) is 0 Å². The third kappa shape index (κ3) is 5.30. The Morgan fingerprint density at radius 1 is 1.53 bits per heavy atom. The SMILES string of the molecule is COCCC(C)(C)CN=C1NC(C(C)C)CS1. The van der Waals surface area contributed by atoms with Crippen molar-refractivity contribution in [3.8, 4) is 0 Å². The fourth-order valence-electron chi connectivity index (χ4n) is 1.60. The highest BCUT2D eigenvalue weighted by Crippen LogP contribution is 2.23. The monoisotopic (exact) mass is 258 g/mol. The lowest BCUT2D eigenvalue weighted by Gasteiger charge is -2.22. The Bertz CT molecular complexity index is 264. The summed E-state index contributed by atoms with van der Waals surface area (Å²) < 4.78 is 5.13. The van der Waals surface area contributed by atoms with Gasteiger partial charge in [0.05, 0.1) is 0 Å². The first-order valence-corrected chi connectivity index (χ1v) is 7.36. The molecule has 0 saturated carbocycles. The number of ether oxygens (including phenoxy) is 1. The lowest BCUT2D eigenvalue weighted by Crippen LogP contribution is -2.32. The van der Waals surface area contributed by atoms with Crippen LogP contribution in [0.3, 0.4) is 0 Å². The maximum absolute atomic E-state index is 5.13. The Hall–Kier alpha value is -0.220. The van der Waals surface area contributed by atoms with E-state index in [2.05, 4.69) is 33.0 Å². The summed E-state index contributed by atoms with van der Waals surface area (Å²) in [4.78, 5) is 4.69. The smallest absolute Gasteiger partial charge is 0.156 e. The van der Waals surface area contributed by atoms with Gasteiger partial charge in [-0.2, -0.15) is 0 Å². The number of hydrogen-bond donors (Lipinski definition) is 1. The molecule has 1 N–H and O–H groups in total. The van der Waals surface area contributed by atoms with Crippen molar-refractivity contribution >= 4 is 16.9 Å². The molecule has 0 aromatic heterocycles. The topological polar surface area (TPSA) is 33.6 Å². The first-order valence-electron chi connectivity index (χ1n) is 6.37. The van der Waals surface area contributed by atoms with Gasteiger partial charge >= 0.3 is 0 Å². The summed E-state index contributed by atoms with van der Waals surface area (Å²) >= 11 is 1.85. The molecule has 1 aliphatic heterocycles. The van der Waals surface area contributed by atoms with Crippen LogP contribution in [0.25, 0.3) is 0 Å². The van der Waals surface area contributed by atoms with Crippen LogP contribution in [-0.2, 0) is 4.74 Å². The van der Waals surface area contributed by atoms with Gasteiger partial charge in [-0.3, -0.25) is 4.99 Å². The number of hydrogen-bond acceptors (Lipinski definition) is 3. The fourth-order valence-corrected chi connectivity index (χ4v) is 2.80. The van der Waals surface area contributed by atoms with Gasteiger partial charge in [0, 0.05) is 32.1 Å². The Morgan fingerprint density at radius 2 is 2.24 bits per heavy atom. The van der Waals surface area contributed by atoms with Gasteiger partial charge in [0.2, 0.25) is 0 Å². The Morgan fingerprint density at radius 3 is 2.76 bits per heavy atom. The first kappa shape index (κ1) is 14.8. The van der Waals surface area contributed by atoms with E-state index in [1.165, 1.54) is 0 Å². The van der Waals surface area contributed by atoms with Crippen molar-refractivity contribution in [2.24, 2.45) is 16.3 Å². The van der Waals surface area contributed by atoms with E-state index < -0.39 is 0 Å². The quantitative estimate of drug-likeness (QED) is 0.795. The molecule has 0 aromatic carbocycles. The van der Waals surface area contributed by atoms with Crippen LogP contribution in [0, 0.1) is 11.3 Å². The third-order valence-corrected chi connectivity index (χ3v) is 4.19. The van der Waals surface area contributed by atoms with Crippen molar-refractivity contribution in [3.05, 3.63) is 0 Å². The molecule has 4 heteroatoms. The summed E-state index contributed by atoms with van der Waals surface area (Å²) in [6.45, 7) is 10.7. The number of rotatable bonds is 6. The van der Waals surface area contributed by atoms with Gasteiger partial charge in [-0.1, -0.05) is 39.5 Å². The Kier molecular flexibility index (Phi) is 5.80. The van der Waals surface area contributed by atoms with Crippen molar-refractivity contribution in [3.63, 3.8) is 0 Å². The average molecular weight is 258 g/mol. The standard InChI is InChI=1S/C13H26N2OS/c1-10(2)11-8-17-12(15-11)14-9-13(3,4)6-7-16-5/h10-11H,6-9H2,1-5H3,(H,14,15). The van der Waals surface area contributed by atoms with E-state index in [4.69, 9.17) is 9.73 Å². The summed E-state index contributed by atoms with van der Waals surface area (Å²) in [6.07, 6.45) is 1.05. The van der Waals surface area contributed by atoms with Crippen molar-refractivity contribution in [2.75, 3.05) is 26.0 Å². The van der Waals surface area contributed by atoms with Crippen molar-refractivity contribution in [1.82, 2.24) is 5.32 Å². The molecule has 3 nitrogen and oxygen atoms in total. The highest BCUT2D eigenvalue weighted by molar-refractivity contribution is 8.14. The molecule has 1 atom stereocenters. The number of thioether (sulfide) groups is 1. The van der Waals surface area contributed by atoms with Crippen LogP contribution in [0.4, 0.5) is 0 Å². The van der Waals surface area contributed by atoms with Crippen LogP contribution >= 0.6 is 11.8 Å². The number of methoxy groups -OCH3 is 1. The zero-order valence-electron chi connectivity index (χ0n) is 11.7. The predicted molar refractivity (Wildman–Crippen MR) is 76.8 cm³/mol. The van der Waals surface area contributed by atoms with E-state index >= 15 is 0 Å². The summed E-state index contributed by atoms with van der Waals surface area (Å²) in [5, 5.41) is 4.62. The van der Waals surface area contributed by atoms with E-state index in [1.807, 2.05) is 11.8 Å². The third-order valence-electron chi connectivity index (χ3n) is 3.15. The zero-order chi connectivity index (χ0) is 12.9. The molecule has 0 spiro atoms. The van der Waals surface area contributed by atoms with Crippen LogP contribution in [-0.4, -0.2) is 37.2 Å². The normalized spacial score (nSPS) is 23.4. The molecule has 1 saturated heterocycles. The molecule has 1 heterocycles. The van der Waals surface area contributed by atoms with E-state index in [0.29, 0.717) is 12.0 Å². The maximum Gasteiger partial charge on any atom is 0.156 e. The highest BCUT2D eigenvalue weighted by atomic mass is 32.2. The first-order chi connectivity index (χ1) is 7.94. The number of aliphatic imine (C=N–C) groups is 1. The number of nitrogens with zero attached hydrogens (tertiary/aromatic N) is 1. The zero-order valence-corrected chi connectivity index (χ0v) is 12.6. The number of amidine groups is 1. The van der Waals surface area contributed by atoms with Gasteiger partial charge in [-0.25, -0.2) is 0 Å². The second-order valence-corrected chi connectivity index (χ2v) is 6.84. The average Bonchev–Trinajstić information content (AvgIpc) is 2.73. The van der Waals surface area contributed by atoms with Crippen LogP contribution in [0.1, 0.15) is 34.1 Å². The van der Waals surface area contributed by atoms with Crippen molar-refractivity contribution in [1.29, 1.82) is 0 Å². The molecule has 1 aliphatic rings. The van der Waals surface area contributed by atoms with E-state index in [9.17, 15) is 0 Å². The van der Waals surface area contributed by atoms with Crippen LogP contribution in [0.15, 0.2) is 4.99 Å². The van der Waals surface area contributed by atoms with Crippen molar-refractivity contribution < 1.29 is 4.74 Å². The predicted octanol–water partition coefficient (Wildman–Crippen LogP) is 2.77. The van der Waals surface area contributed by atoms with E-state index in [0.717, 1.165) is 30.5 Å². The second-order valence-electron chi connectivity index (χ2n) is 5.83. The minimum Gasteiger partial charge on any atom is -0.385 e. The summed E-state index contributed by atoms with van der Waals surface area (Å²) in [5.74, 6) is 1.83. The Labute approximate surface area is 110 Å². The lowest BCUT2D eigenvalue weighted by molar-refractivity contribution is 0.155. The molecule has 0 bridgehead atoms. The summed E-state index contributed by atoms with van der Waals surface area (Å²) in [5.41, 5.74) is 0.223. The Balaban J connectivity index is 2.39. The molecule has 0 radical (unpaired) electrons. The van der Waals surface area contributed by atoms with E-state index in [1.54, 1.807) is 7.11 Å². The van der Waals surface area contributed by atoms with Gasteiger partial charge < -0.3 is 10.1 Å². The molecule has 17 heavy (non-hydrogen) atoms. The van der Waals surface area contributed by atoms with Crippen LogP contribution in [0.2, 0.25) is 0 Å². The molecule has 0 amide bonds. The largest absolute Gasteiger partial charge is 0.385 e. The van der Waals surface area contributed by atoms with Gasteiger partial charge in [0.1, 0.15) is 0 Å². The summed E-state index contributed by atoms with van der Waals surface area (Å²) in [7, 11) is 1.75. The summed E-state index contributed by atoms with van der Waals surface area (Å²) in [6, 6.07) is 0.584. The fraction of sp³-hybridized carbons (Fsp3) is 0.923. The van der Waals surface area contributed by atoms with Crippen LogP contribution < -0.4 is 5.32 Å². The number of nitrogens with one attached hydrogen (secondary N) is 1. The molecule has 0 aromatic rings. The minimum absolute atomic E-state index is 0.223. The molecular formula is C13H26N2OS. The van der Waals surface area contributed by atoms with Gasteiger partial charge in [0.25, 0.3) is 0 Å². The molecule has 0 aliphatic carbocycles. The second kappa shape index (κ2) is 6.64. The lowest BCUT2D eigenvalue weighted by atomic mass is 9.90. The molecule has 1 rings (SSSR count). The van der Waals surface area contributed by atoms with Gasteiger partial charge in [-0.05, 0) is 17.8 Å². The molecule has 1 fully saturated rings. The van der Waals surface area contributed by atoms with Gasteiger partial charge in [-0.15, -0.1) is 0 Å². The molecule has 1 unspecified atom stereocenters. The maximum atomic E-state index is 5.13. The van der Waals surface area contributed by atoms with Crippen molar-refractivity contribution in [2.45, 2.75) is 40.2 Å². The van der Waals surface area contributed by atoms with E-state index in [-0.39, 0.29) is 5.41 Å². The highest BCUT2D eigenvalue weighted by Gasteiger charge is 2.24. The minimum atomic E-state index is 0.223. The molecule has 100 valence electrons. The van der Waals surface area contributed by atoms with Gasteiger partial charge in [0.15, 0.2) is 5.17 Å².